The Morgan fingerprint density at radius 3 is 2.21 bits per heavy atom. The first-order chi connectivity index (χ1) is 11.4. The number of carbonyl (C=O) groups excluding carboxylic acids is 2. The standard InChI is InChI=1S/C16H14F2N2O4/c1-23-10-4-6-13(14(8-10)24-2)20-16(22)15(21)19-9-3-5-11(17)12(18)7-9/h3-8H,1-2H3,(H,19,21)(H,20,22). The summed E-state index contributed by atoms with van der Waals surface area (Å²) < 4.78 is 36.1. The number of hydrogen-bond acceptors (Lipinski definition) is 4. The molecule has 0 aliphatic carbocycles. The third-order valence-electron chi connectivity index (χ3n) is 3.04. The highest BCUT2D eigenvalue weighted by atomic mass is 19.2. The van der Waals surface area contributed by atoms with Crippen molar-refractivity contribution in [2.24, 2.45) is 0 Å². The van der Waals surface area contributed by atoms with E-state index in [4.69, 9.17) is 9.47 Å². The Morgan fingerprint density at radius 1 is 0.875 bits per heavy atom. The average molecular weight is 336 g/mol. The Labute approximate surface area is 136 Å². The van der Waals surface area contributed by atoms with Gasteiger partial charge in [-0.3, -0.25) is 9.59 Å². The number of halogens is 2. The van der Waals surface area contributed by atoms with Crippen molar-refractivity contribution in [3.05, 3.63) is 48.0 Å². The van der Waals surface area contributed by atoms with E-state index in [-0.39, 0.29) is 11.4 Å². The molecular formula is C16H14F2N2O4. The summed E-state index contributed by atoms with van der Waals surface area (Å²) in [5.74, 6) is -3.42. The van der Waals surface area contributed by atoms with Gasteiger partial charge in [0.2, 0.25) is 0 Å². The second-order valence-electron chi connectivity index (χ2n) is 4.60. The lowest BCUT2D eigenvalue weighted by Gasteiger charge is -2.11. The van der Waals surface area contributed by atoms with Crippen LogP contribution in [-0.2, 0) is 9.59 Å². The Balaban J connectivity index is 2.08. The fourth-order valence-corrected chi connectivity index (χ4v) is 1.84. The van der Waals surface area contributed by atoms with Gasteiger partial charge in [0.1, 0.15) is 11.5 Å². The molecule has 0 saturated carbocycles. The molecular weight excluding hydrogens is 322 g/mol. The van der Waals surface area contributed by atoms with Crippen molar-refractivity contribution in [2.75, 3.05) is 24.9 Å². The Bertz CT molecular complexity index is 781. The van der Waals surface area contributed by atoms with Crippen LogP contribution in [0.5, 0.6) is 11.5 Å². The lowest BCUT2D eigenvalue weighted by Crippen LogP contribution is -2.29. The smallest absolute Gasteiger partial charge is 0.314 e. The highest BCUT2D eigenvalue weighted by Crippen LogP contribution is 2.29. The van der Waals surface area contributed by atoms with E-state index in [1.165, 1.54) is 26.4 Å². The number of carbonyl (C=O) groups is 2. The molecule has 2 aromatic rings. The molecule has 0 fully saturated rings. The molecule has 6 nitrogen and oxygen atoms in total. The molecule has 0 aromatic heterocycles. The molecule has 2 rings (SSSR count). The molecule has 0 saturated heterocycles. The minimum absolute atomic E-state index is 0.0456. The van der Waals surface area contributed by atoms with Crippen LogP contribution in [0.25, 0.3) is 0 Å². The third-order valence-corrected chi connectivity index (χ3v) is 3.04. The summed E-state index contributed by atoms with van der Waals surface area (Å²) in [6.45, 7) is 0. The largest absolute Gasteiger partial charge is 0.497 e. The number of ether oxygens (including phenoxy) is 2. The Hall–Kier alpha value is -3.16. The summed E-state index contributed by atoms with van der Waals surface area (Å²) in [6, 6.07) is 7.36. The molecule has 0 bridgehead atoms. The fraction of sp³-hybridized carbons (Fsp3) is 0.125. The zero-order valence-corrected chi connectivity index (χ0v) is 12.9. The minimum Gasteiger partial charge on any atom is -0.497 e. The van der Waals surface area contributed by atoms with Crippen molar-refractivity contribution >= 4 is 23.2 Å². The van der Waals surface area contributed by atoms with Crippen molar-refractivity contribution in [3.63, 3.8) is 0 Å². The highest BCUT2D eigenvalue weighted by Gasteiger charge is 2.17. The van der Waals surface area contributed by atoms with E-state index in [0.717, 1.165) is 18.2 Å². The molecule has 126 valence electrons. The number of nitrogens with one attached hydrogen (secondary N) is 2. The van der Waals surface area contributed by atoms with Crippen molar-refractivity contribution in [3.8, 4) is 11.5 Å². The molecule has 2 aromatic carbocycles. The van der Waals surface area contributed by atoms with E-state index in [0.29, 0.717) is 11.5 Å². The van der Waals surface area contributed by atoms with E-state index in [1.807, 2.05) is 0 Å². The Kier molecular flexibility index (Phi) is 5.31. The van der Waals surface area contributed by atoms with Crippen LogP contribution in [0.3, 0.4) is 0 Å². The van der Waals surface area contributed by atoms with E-state index in [2.05, 4.69) is 10.6 Å². The van der Waals surface area contributed by atoms with Crippen LogP contribution < -0.4 is 20.1 Å². The van der Waals surface area contributed by atoms with Crippen LogP contribution in [0.2, 0.25) is 0 Å². The van der Waals surface area contributed by atoms with Crippen LogP contribution in [0, 0.1) is 11.6 Å². The van der Waals surface area contributed by atoms with Gasteiger partial charge in [0.25, 0.3) is 0 Å². The predicted molar refractivity (Wildman–Crippen MR) is 83.2 cm³/mol. The summed E-state index contributed by atoms with van der Waals surface area (Å²) in [6.07, 6.45) is 0. The number of benzene rings is 2. The van der Waals surface area contributed by atoms with E-state index in [9.17, 15) is 18.4 Å². The second kappa shape index (κ2) is 7.40. The van der Waals surface area contributed by atoms with Gasteiger partial charge in [-0.2, -0.15) is 0 Å². The maximum atomic E-state index is 13.1. The van der Waals surface area contributed by atoms with Crippen LogP contribution >= 0.6 is 0 Å². The van der Waals surface area contributed by atoms with Crippen LogP contribution in [0.1, 0.15) is 0 Å². The van der Waals surface area contributed by atoms with Gasteiger partial charge in [0.05, 0.1) is 19.9 Å². The first-order valence-corrected chi connectivity index (χ1v) is 6.74. The number of anilines is 2. The maximum Gasteiger partial charge on any atom is 0.314 e. The highest BCUT2D eigenvalue weighted by molar-refractivity contribution is 6.43. The molecule has 8 heteroatoms. The molecule has 0 unspecified atom stereocenters. The molecule has 0 atom stereocenters. The molecule has 2 N–H and O–H groups in total. The summed E-state index contributed by atoms with van der Waals surface area (Å²) in [5.41, 5.74) is 0.208. The van der Waals surface area contributed by atoms with Gasteiger partial charge in [-0.15, -0.1) is 0 Å². The SMILES string of the molecule is COc1ccc(NC(=O)C(=O)Nc2ccc(F)c(F)c2)c(OC)c1. The zero-order valence-electron chi connectivity index (χ0n) is 12.9. The molecule has 2 amide bonds. The monoisotopic (exact) mass is 336 g/mol. The predicted octanol–water partition coefficient (Wildman–Crippen LogP) is 2.56. The summed E-state index contributed by atoms with van der Waals surface area (Å²) in [7, 11) is 2.87. The quantitative estimate of drug-likeness (QED) is 0.842. The Morgan fingerprint density at radius 2 is 1.58 bits per heavy atom. The van der Waals surface area contributed by atoms with Crippen molar-refractivity contribution in [2.45, 2.75) is 0 Å². The van der Waals surface area contributed by atoms with E-state index in [1.54, 1.807) is 6.07 Å². The lowest BCUT2D eigenvalue weighted by atomic mass is 10.2. The van der Waals surface area contributed by atoms with E-state index < -0.39 is 23.4 Å². The summed E-state index contributed by atoms with van der Waals surface area (Å²) in [4.78, 5) is 23.7. The van der Waals surface area contributed by atoms with Gasteiger partial charge in [0, 0.05) is 17.8 Å². The minimum atomic E-state index is -1.13. The van der Waals surface area contributed by atoms with Crippen LogP contribution in [0.15, 0.2) is 36.4 Å². The van der Waals surface area contributed by atoms with Crippen molar-refractivity contribution in [1.82, 2.24) is 0 Å². The first-order valence-electron chi connectivity index (χ1n) is 6.74. The zero-order chi connectivity index (χ0) is 17.7. The van der Waals surface area contributed by atoms with Gasteiger partial charge in [-0.1, -0.05) is 0 Å². The first kappa shape index (κ1) is 17.2. The van der Waals surface area contributed by atoms with Crippen LogP contribution in [-0.4, -0.2) is 26.0 Å². The third kappa shape index (κ3) is 3.97. The second-order valence-corrected chi connectivity index (χ2v) is 4.60. The summed E-state index contributed by atoms with van der Waals surface area (Å²) >= 11 is 0. The van der Waals surface area contributed by atoms with Crippen LogP contribution in [0.4, 0.5) is 20.2 Å². The normalized spacial score (nSPS) is 10.0. The maximum absolute atomic E-state index is 13.1. The number of methoxy groups -OCH3 is 2. The molecule has 0 aliphatic heterocycles. The summed E-state index contributed by atoms with van der Waals surface area (Å²) in [5, 5.41) is 4.53. The van der Waals surface area contributed by atoms with Gasteiger partial charge in [-0.05, 0) is 24.3 Å². The molecule has 0 radical (unpaired) electrons. The topological polar surface area (TPSA) is 76.7 Å². The molecule has 0 spiro atoms. The van der Waals surface area contributed by atoms with Gasteiger partial charge in [0.15, 0.2) is 11.6 Å². The van der Waals surface area contributed by atoms with E-state index >= 15 is 0 Å². The van der Waals surface area contributed by atoms with Gasteiger partial charge >= 0.3 is 11.8 Å². The number of amides is 2. The van der Waals surface area contributed by atoms with Crippen molar-refractivity contribution in [1.29, 1.82) is 0 Å². The van der Waals surface area contributed by atoms with Crippen molar-refractivity contribution < 1.29 is 27.8 Å². The number of hydrogen-bond donors (Lipinski definition) is 2. The molecule has 24 heavy (non-hydrogen) atoms. The average Bonchev–Trinajstić information content (AvgIpc) is 2.58. The lowest BCUT2D eigenvalue weighted by molar-refractivity contribution is -0.133. The fourth-order valence-electron chi connectivity index (χ4n) is 1.84. The molecule has 0 aliphatic rings. The number of rotatable bonds is 4. The van der Waals surface area contributed by atoms with Gasteiger partial charge < -0.3 is 20.1 Å². The molecule has 0 heterocycles. The van der Waals surface area contributed by atoms with Gasteiger partial charge in [-0.25, -0.2) is 8.78 Å².